The van der Waals surface area contributed by atoms with E-state index < -0.39 is 0 Å². The zero-order valence-electron chi connectivity index (χ0n) is 14.6. The molecular weight excluding hydrogens is 302 g/mol. The van der Waals surface area contributed by atoms with E-state index in [-0.39, 0.29) is 5.91 Å². The Kier molecular flexibility index (Phi) is 6.69. The maximum atomic E-state index is 12.4. The van der Waals surface area contributed by atoms with Crippen molar-refractivity contribution in [2.45, 2.75) is 13.0 Å². The molecule has 0 radical (unpaired) electrons. The van der Waals surface area contributed by atoms with Crippen LogP contribution in [0.4, 0.5) is 5.82 Å². The van der Waals surface area contributed by atoms with E-state index in [1.807, 2.05) is 44.4 Å². The number of nitrogens with one attached hydrogen (secondary N) is 1. The van der Waals surface area contributed by atoms with Crippen LogP contribution in [0, 0.1) is 0 Å². The summed E-state index contributed by atoms with van der Waals surface area (Å²) in [5.41, 5.74) is 1.44. The van der Waals surface area contributed by atoms with Crippen LogP contribution in [-0.2, 0) is 6.54 Å². The van der Waals surface area contributed by atoms with E-state index in [1.54, 1.807) is 24.1 Å². The van der Waals surface area contributed by atoms with E-state index in [0.717, 1.165) is 25.1 Å². The topological polar surface area (TPSA) is 61.4 Å². The Morgan fingerprint density at radius 1 is 1.04 bits per heavy atom. The zero-order valence-corrected chi connectivity index (χ0v) is 14.6. The molecule has 0 bridgehead atoms. The molecule has 24 heavy (non-hydrogen) atoms. The van der Waals surface area contributed by atoms with Crippen LogP contribution in [0.5, 0.6) is 0 Å². The van der Waals surface area contributed by atoms with Crippen LogP contribution < -0.4 is 5.32 Å². The fraction of sp³-hybridized carbons (Fsp3) is 0.389. The largest absolute Gasteiger partial charge is 0.369 e. The van der Waals surface area contributed by atoms with Crippen molar-refractivity contribution in [1.29, 1.82) is 0 Å². The molecule has 2 aromatic rings. The number of benzene rings is 1. The summed E-state index contributed by atoms with van der Waals surface area (Å²) < 4.78 is 0. The molecule has 0 spiro atoms. The second-order valence-electron chi connectivity index (χ2n) is 6.03. The molecule has 1 N–H and O–H groups in total. The van der Waals surface area contributed by atoms with Crippen molar-refractivity contribution in [1.82, 2.24) is 20.0 Å². The molecule has 1 aromatic heterocycles. The minimum Gasteiger partial charge on any atom is -0.369 e. The van der Waals surface area contributed by atoms with Crippen LogP contribution in [0.15, 0.2) is 42.5 Å². The Hall–Kier alpha value is -2.47. The van der Waals surface area contributed by atoms with E-state index >= 15 is 0 Å². The monoisotopic (exact) mass is 327 g/mol. The van der Waals surface area contributed by atoms with Crippen LogP contribution in [0.2, 0.25) is 0 Å². The third kappa shape index (κ3) is 5.62. The van der Waals surface area contributed by atoms with Crippen LogP contribution in [0.25, 0.3) is 0 Å². The summed E-state index contributed by atoms with van der Waals surface area (Å²) in [6, 6.07) is 13.4. The number of amides is 1. The number of nitrogens with zero attached hydrogens (tertiary/aromatic N) is 4. The summed E-state index contributed by atoms with van der Waals surface area (Å²) in [6.45, 7) is 2.39. The molecule has 0 saturated heterocycles. The molecule has 6 heteroatoms. The SMILES string of the molecule is CN(C)CCCNc1ccc(C(=O)N(C)Cc2ccccc2)nn1. The Labute approximate surface area is 143 Å². The standard InChI is InChI=1S/C18H25N5O/c1-22(2)13-7-12-19-17-11-10-16(20-21-17)18(24)23(3)14-15-8-5-4-6-9-15/h4-6,8-11H,7,12-14H2,1-3H3,(H,19,21). The third-order valence-corrected chi connectivity index (χ3v) is 3.58. The smallest absolute Gasteiger partial charge is 0.274 e. The number of aromatic nitrogens is 2. The fourth-order valence-electron chi connectivity index (χ4n) is 2.28. The number of rotatable bonds is 8. The average molecular weight is 327 g/mol. The Balaban J connectivity index is 1.86. The number of anilines is 1. The maximum Gasteiger partial charge on any atom is 0.274 e. The van der Waals surface area contributed by atoms with Crippen LogP contribution in [0.3, 0.4) is 0 Å². The Morgan fingerprint density at radius 3 is 2.42 bits per heavy atom. The van der Waals surface area contributed by atoms with Gasteiger partial charge in [0.15, 0.2) is 5.69 Å². The second-order valence-corrected chi connectivity index (χ2v) is 6.03. The Bertz CT molecular complexity index is 628. The fourth-order valence-corrected chi connectivity index (χ4v) is 2.28. The van der Waals surface area contributed by atoms with E-state index in [0.29, 0.717) is 18.1 Å². The predicted octanol–water partition coefficient (Wildman–Crippen LogP) is 2.11. The van der Waals surface area contributed by atoms with Crippen molar-refractivity contribution in [3.8, 4) is 0 Å². The van der Waals surface area contributed by atoms with Crippen LogP contribution in [-0.4, -0.2) is 60.1 Å². The van der Waals surface area contributed by atoms with Crippen LogP contribution >= 0.6 is 0 Å². The highest BCUT2D eigenvalue weighted by Gasteiger charge is 2.14. The molecule has 128 valence electrons. The molecule has 0 atom stereocenters. The van der Waals surface area contributed by atoms with Gasteiger partial charge in [0.2, 0.25) is 0 Å². The minimum atomic E-state index is -0.134. The van der Waals surface area contributed by atoms with Crippen LogP contribution in [0.1, 0.15) is 22.5 Å². The number of carbonyl (C=O) groups is 1. The molecule has 0 fully saturated rings. The molecule has 0 aliphatic carbocycles. The summed E-state index contributed by atoms with van der Waals surface area (Å²) in [6.07, 6.45) is 1.02. The molecule has 6 nitrogen and oxygen atoms in total. The van der Waals surface area contributed by atoms with Gasteiger partial charge in [0.05, 0.1) is 0 Å². The van der Waals surface area contributed by atoms with Gasteiger partial charge >= 0.3 is 0 Å². The molecule has 1 aromatic carbocycles. The van der Waals surface area contributed by atoms with Gasteiger partial charge in [-0.05, 0) is 44.8 Å². The van der Waals surface area contributed by atoms with Crippen molar-refractivity contribution in [2.75, 3.05) is 39.5 Å². The van der Waals surface area contributed by atoms with E-state index in [9.17, 15) is 4.79 Å². The minimum absolute atomic E-state index is 0.134. The first-order chi connectivity index (χ1) is 11.6. The molecule has 2 rings (SSSR count). The highest BCUT2D eigenvalue weighted by molar-refractivity contribution is 5.92. The highest BCUT2D eigenvalue weighted by atomic mass is 16.2. The van der Waals surface area contributed by atoms with E-state index in [1.165, 1.54) is 0 Å². The van der Waals surface area contributed by atoms with Gasteiger partial charge in [0.1, 0.15) is 5.82 Å². The highest BCUT2D eigenvalue weighted by Crippen LogP contribution is 2.08. The molecular formula is C18H25N5O. The molecule has 0 aliphatic rings. The van der Waals surface area contributed by atoms with Crippen molar-refractivity contribution in [3.05, 3.63) is 53.7 Å². The lowest BCUT2D eigenvalue weighted by atomic mass is 10.2. The summed E-state index contributed by atoms with van der Waals surface area (Å²) >= 11 is 0. The van der Waals surface area contributed by atoms with Gasteiger partial charge < -0.3 is 15.1 Å². The first-order valence-electron chi connectivity index (χ1n) is 8.08. The van der Waals surface area contributed by atoms with Gasteiger partial charge in [-0.25, -0.2) is 0 Å². The molecule has 1 amide bonds. The van der Waals surface area contributed by atoms with Gasteiger partial charge in [-0.15, -0.1) is 10.2 Å². The van der Waals surface area contributed by atoms with Crippen molar-refractivity contribution in [3.63, 3.8) is 0 Å². The van der Waals surface area contributed by atoms with Crippen molar-refractivity contribution < 1.29 is 4.79 Å². The Morgan fingerprint density at radius 2 is 1.79 bits per heavy atom. The molecule has 1 heterocycles. The quantitative estimate of drug-likeness (QED) is 0.753. The van der Waals surface area contributed by atoms with E-state index in [4.69, 9.17) is 0 Å². The molecule has 0 aliphatic heterocycles. The lowest BCUT2D eigenvalue weighted by Crippen LogP contribution is -2.27. The number of hydrogen-bond donors (Lipinski definition) is 1. The zero-order chi connectivity index (χ0) is 17.4. The summed E-state index contributed by atoms with van der Waals surface area (Å²) in [4.78, 5) is 16.2. The van der Waals surface area contributed by atoms with Crippen molar-refractivity contribution in [2.24, 2.45) is 0 Å². The van der Waals surface area contributed by atoms with Gasteiger partial charge in [-0.2, -0.15) is 0 Å². The van der Waals surface area contributed by atoms with Gasteiger partial charge in [-0.1, -0.05) is 30.3 Å². The average Bonchev–Trinajstić information content (AvgIpc) is 2.59. The molecule has 0 unspecified atom stereocenters. The summed E-state index contributed by atoms with van der Waals surface area (Å²) in [5, 5.41) is 11.3. The number of carbonyl (C=O) groups excluding carboxylic acids is 1. The summed E-state index contributed by atoms with van der Waals surface area (Å²) in [7, 11) is 5.86. The van der Waals surface area contributed by atoms with Gasteiger partial charge in [0, 0.05) is 20.1 Å². The van der Waals surface area contributed by atoms with Crippen molar-refractivity contribution >= 4 is 11.7 Å². The van der Waals surface area contributed by atoms with E-state index in [2.05, 4.69) is 20.4 Å². The van der Waals surface area contributed by atoms with Gasteiger partial charge in [-0.3, -0.25) is 4.79 Å². The molecule has 0 saturated carbocycles. The normalized spacial score (nSPS) is 10.7. The lowest BCUT2D eigenvalue weighted by molar-refractivity contribution is 0.0778. The maximum absolute atomic E-state index is 12.4. The third-order valence-electron chi connectivity index (χ3n) is 3.58. The second kappa shape index (κ2) is 8.98. The first-order valence-corrected chi connectivity index (χ1v) is 8.08. The first kappa shape index (κ1) is 17.9. The summed E-state index contributed by atoms with van der Waals surface area (Å²) in [5.74, 6) is 0.557. The van der Waals surface area contributed by atoms with Gasteiger partial charge in [0.25, 0.3) is 5.91 Å². The number of hydrogen-bond acceptors (Lipinski definition) is 5. The lowest BCUT2D eigenvalue weighted by Gasteiger charge is -2.16. The predicted molar refractivity (Wildman–Crippen MR) is 95.9 cm³/mol.